The predicted octanol–water partition coefficient (Wildman–Crippen LogP) is 2.36. The molecule has 1 aromatic carbocycles. The molecule has 0 aromatic heterocycles. The molecule has 0 amide bonds. The van der Waals surface area contributed by atoms with Crippen LogP contribution in [-0.4, -0.2) is 36.9 Å². The molecule has 2 rings (SSSR count). The Morgan fingerprint density at radius 2 is 1.91 bits per heavy atom. The predicted molar refractivity (Wildman–Crippen MR) is 75.2 cm³/mol. The molecule has 1 aliphatic heterocycles. The lowest BCUT2D eigenvalue weighted by atomic mass is 9.99. The summed E-state index contributed by atoms with van der Waals surface area (Å²) < 4.78 is 64.6. The van der Waals surface area contributed by atoms with Crippen LogP contribution >= 0.6 is 0 Å². The van der Waals surface area contributed by atoms with Gasteiger partial charge in [-0.15, -0.1) is 0 Å². The minimum atomic E-state index is -4.65. The second-order valence-corrected chi connectivity index (χ2v) is 7.63. The first-order valence-corrected chi connectivity index (χ1v) is 8.29. The second kappa shape index (κ2) is 5.79. The molecule has 0 unspecified atom stereocenters. The van der Waals surface area contributed by atoms with E-state index in [-0.39, 0.29) is 18.7 Å². The molecule has 0 bridgehead atoms. The van der Waals surface area contributed by atoms with E-state index in [4.69, 9.17) is 5.11 Å². The van der Waals surface area contributed by atoms with Crippen LogP contribution in [-0.2, 0) is 21.0 Å². The quantitative estimate of drug-likeness (QED) is 0.907. The minimum Gasteiger partial charge on any atom is -0.481 e. The van der Waals surface area contributed by atoms with E-state index in [0.29, 0.717) is 6.07 Å². The molecule has 2 atom stereocenters. The standard InChI is InChI=1S/C14H16F3NO4S/c1-8-3-4-10(14(15,16)17)5-12(8)23(21,22)18-6-9(2)11(7-18)13(19)20/h3-5,9,11H,6-7H2,1-2H3,(H,19,20)/t9-,11-/m1/s1. The third-order valence-electron chi connectivity index (χ3n) is 4.03. The van der Waals surface area contributed by atoms with Crippen molar-refractivity contribution in [3.05, 3.63) is 29.3 Å². The van der Waals surface area contributed by atoms with Gasteiger partial charge in [-0.2, -0.15) is 17.5 Å². The van der Waals surface area contributed by atoms with Crippen molar-refractivity contribution in [1.82, 2.24) is 4.31 Å². The Morgan fingerprint density at radius 3 is 2.39 bits per heavy atom. The van der Waals surface area contributed by atoms with E-state index in [9.17, 15) is 26.4 Å². The molecule has 1 N–H and O–H groups in total. The van der Waals surface area contributed by atoms with Crippen LogP contribution in [0, 0.1) is 18.8 Å². The molecule has 128 valence electrons. The number of halogens is 3. The minimum absolute atomic E-state index is 0.0328. The second-order valence-electron chi connectivity index (χ2n) is 5.72. The summed E-state index contributed by atoms with van der Waals surface area (Å²) in [7, 11) is -4.18. The van der Waals surface area contributed by atoms with Gasteiger partial charge >= 0.3 is 12.1 Å². The molecular formula is C14H16F3NO4S. The summed E-state index contributed by atoms with van der Waals surface area (Å²) in [6.45, 7) is 2.73. The van der Waals surface area contributed by atoms with Gasteiger partial charge in [0.15, 0.2) is 0 Å². The molecule has 1 saturated heterocycles. The van der Waals surface area contributed by atoms with Gasteiger partial charge in [0.25, 0.3) is 0 Å². The molecule has 1 aromatic rings. The molecule has 5 nitrogen and oxygen atoms in total. The lowest BCUT2D eigenvalue weighted by molar-refractivity contribution is -0.142. The molecule has 0 spiro atoms. The topological polar surface area (TPSA) is 74.7 Å². The van der Waals surface area contributed by atoms with Gasteiger partial charge in [-0.3, -0.25) is 4.79 Å². The van der Waals surface area contributed by atoms with Gasteiger partial charge in [0.05, 0.1) is 16.4 Å². The summed E-state index contributed by atoms with van der Waals surface area (Å²) in [5.41, 5.74) is -0.867. The molecule has 0 aliphatic carbocycles. The number of nitrogens with zero attached hydrogens (tertiary/aromatic N) is 1. The van der Waals surface area contributed by atoms with E-state index >= 15 is 0 Å². The van der Waals surface area contributed by atoms with Crippen molar-refractivity contribution >= 4 is 16.0 Å². The average Bonchev–Trinajstić information content (AvgIpc) is 2.80. The third-order valence-corrected chi connectivity index (χ3v) is 6.00. The first-order valence-electron chi connectivity index (χ1n) is 6.85. The van der Waals surface area contributed by atoms with Crippen molar-refractivity contribution in [3.63, 3.8) is 0 Å². The lowest BCUT2D eigenvalue weighted by Crippen LogP contribution is -2.30. The molecule has 23 heavy (non-hydrogen) atoms. The summed E-state index contributed by atoms with van der Waals surface area (Å²) in [5, 5.41) is 9.07. The van der Waals surface area contributed by atoms with Gasteiger partial charge in [-0.1, -0.05) is 13.0 Å². The number of aryl methyl sites for hydroxylation is 1. The molecule has 1 heterocycles. The highest BCUT2D eigenvalue weighted by atomic mass is 32.2. The van der Waals surface area contributed by atoms with E-state index in [1.165, 1.54) is 6.92 Å². The Bertz CT molecular complexity index is 730. The maximum absolute atomic E-state index is 12.8. The van der Waals surface area contributed by atoms with Crippen molar-refractivity contribution in [2.45, 2.75) is 24.9 Å². The highest BCUT2D eigenvalue weighted by Gasteiger charge is 2.42. The van der Waals surface area contributed by atoms with Crippen LogP contribution in [0.3, 0.4) is 0 Å². The van der Waals surface area contributed by atoms with Gasteiger partial charge in [0.1, 0.15) is 0 Å². The molecule has 0 saturated carbocycles. The SMILES string of the molecule is Cc1ccc(C(F)(F)F)cc1S(=O)(=O)N1C[C@@H](C)[C@H](C(=O)O)C1. The molecule has 9 heteroatoms. The van der Waals surface area contributed by atoms with Gasteiger partial charge in [-0.25, -0.2) is 8.42 Å². The number of carboxylic acids is 1. The Morgan fingerprint density at radius 1 is 1.30 bits per heavy atom. The summed E-state index contributed by atoms with van der Waals surface area (Å²) in [5.74, 6) is -2.39. The number of hydrogen-bond donors (Lipinski definition) is 1. The van der Waals surface area contributed by atoms with Crippen LogP contribution in [0.25, 0.3) is 0 Å². The van der Waals surface area contributed by atoms with E-state index in [1.54, 1.807) is 6.92 Å². The van der Waals surface area contributed by atoms with Gasteiger partial charge in [-0.05, 0) is 30.5 Å². The Kier molecular flexibility index (Phi) is 4.46. The molecular weight excluding hydrogens is 335 g/mol. The van der Waals surface area contributed by atoms with Crippen molar-refractivity contribution < 1.29 is 31.5 Å². The van der Waals surface area contributed by atoms with E-state index < -0.39 is 44.5 Å². The number of sulfonamides is 1. The Labute approximate surface area is 131 Å². The number of rotatable bonds is 3. The van der Waals surface area contributed by atoms with E-state index in [0.717, 1.165) is 16.4 Å². The summed E-state index contributed by atoms with van der Waals surface area (Å²) in [4.78, 5) is 10.7. The zero-order chi connectivity index (χ0) is 17.6. The van der Waals surface area contributed by atoms with Crippen LogP contribution in [0.5, 0.6) is 0 Å². The van der Waals surface area contributed by atoms with Gasteiger partial charge in [0.2, 0.25) is 10.0 Å². The first-order chi connectivity index (χ1) is 10.4. The average molecular weight is 351 g/mol. The fourth-order valence-corrected chi connectivity index (χ4v) is 4.45. The Balaban J connectivity index is 2.43. The maximum Gasteiger partial charge on any atom is 0.416 e. The van der Waals surface area contributed by atoms with E-state index in [2.05, 4.69) is 0 Å². The smallest absolute Gasteiger partial charge is 0.416 e. The summed E-state index contributed by atoms with van der Waals surface area (Å²) in [6.07, 6.45) is -4.65. The zero-order valence-corrected chi connectivity index (χ0v) is 13.3. The van der Waals surface area contributed by atoms with E-state index in [1.807, 2.05) is 0 Å². The highest BCUT2D eigenvalue weighted by Crippen LogP contribution is 2.34. The molecule has 0 radical (unpaired) electrons. The van der Waals surface area contributed by atoms with Crippen molar-refractivity contribution in [3.8, 4) is 0 Å². The zero-order valence-electron chi connectivity index (χ0n) is 12.5. The number of carboxylic acid groups (broad SMARTS) is 1. The van der Waals surface area contributed by atoms with Gasteiger partial charge < -0.3 is 5.11 Å². The van der Waals surface area contributed by atoms with Crippen LogP contribution < -0.4 is 0 Å². The van der Waals surface area contributed by atoms with Crippen LogP contribution in [0.2, 0.25) is 0 Å². The Hall–Kier alpha value is -1.61. The summed E-state index contributed by atoms with van der Waals surface area (Å²) >= 11 is 0. The lowest BCUT2D eigenvalue weighted by Gasteiger charge is -2.19. The van der Waals surface area contributed by atoms with Crippen LogP contribution in [0.1, 0.15) is 18.1 Å². The highest BCUT2D eigenvalue weighted by molar-refractivity contribution is 7.89. The number of aliphatic carboxylic acids is 1. The van der Waals surface area contributed by atoms with Crippen molar-refractivity contribution in [2.24, 2.45) is 11.8 Å². The van der Waals surface area contributed by atoms with Crippen LogP contribution in [0.4, 0.5) is 13.2 Å². The molecule has 1 fully saturated rings. The third kappa shape index (κ3) is 3.35. The summed E-state index contributed by atoms with van der Waals surface area (Å²) in [6, 6.07) is 2.52. The number of carbonyl (C=O) groups is 1. The fourth-order valence-electron chi connectivity index (χ4n) is 2.63. The first kappa shape index (κ1) is 17.7. The largest absolute Gasteiger partial charge is 0.481 e. The monoisotopic (exact) mass is 351 g/mol. The molecule has 1 aliphatic rings. The van der Waals surface area contributed by atoms with Crippen LogP contribution in [0.15, 0.2) is 23.1 Å². The van der Waals surface area contributed by atoms with Crippen molar-refractivity contribution in [2.75, 3.05) is 13.1 Å². The number of hydrogen-bond acceptors (Lipinski definition) is 3. The van der Waals surface area contributed by atoms with Gasteiger partial charge in [0, 0.05) is 13.1 Å². The number of alkyl halides is 3. The van der Waals surface area contributed by atoms with Crippen molar-refractivity contribution in [1.29, 1.82) is 0 Å². The normalized spacial score (nSPS) is 23.2. The fraction of sp³-hybridized carbons (Fsp3) is 0.500. The number of benzene rings is 1. The maximum atomic E-state index is 12.8.